The van der Waals surface area contributed by atoms with Crippen LogP contribution >= 0.6 is 11.6 Å². The molecule has 8 nitrogen and oxygen atoms in total. The highest BCUT2D eigenvalue weighted by Gasteiger charge is 2.28. The second-order valence-electron chi connectivity index (χ2n) is 9.21. The summed E-state index contributed by atoms with van der Waals surface area (Å²) in [4.78, 5) is 21.4. The fourth-order valence-corrected chi connectivity index (χ4v) is 5.99. The van der Waals surface area contributed by atoms with Crippen molar-refractivity contribution in [2.75, 3.05) is 39.4 Å². The number of imidazole rings is 1. The van der Waals surface area contributed by atoms with Crippen molar-refractivity contribution in [1.82, 2.24) is 19.4 Å². The molecular weight excluding hydrogens is 476 g/mol. The number of amides is 1. The molecule has 1 fully saturated rings. The van der Waals surface area contributed by atoms with Gasteiger partial charge in [-0.1, -0.05) is 43.6 Å². The summed E-state index contributed by atoms with van der Waals surface area (Å²) in [7, 11) is -3.75. The Morgan fingerprint density at radius 3 is 2.47 bits per heavy atom. The van der Waals surface area contributed by atoms with Gasteiger partial charge in [0.05, 0.1) is 37.4 Å². The van der Waals surface area contributed by atoms with E-state index in [0.29, 0.717) is 42.6 Å². The van der Waals surface area contributed by atoms with Crippen molar-refractivity contribution in [3.05, 3.63) is 46.7 Å². The molecule has 0 unspecified atom stereocenters. The lowest BCUT2D eigenvalue weighted by Crippen LogP contribution is -2.44. The molecule has 1 saturated heterocycles. The van der Waals surface area contributed by atoms with Gasteiger partial charge in [-0.05, 0) is 25.5 Å². The van der Waals surface area contributed by atoms with Gasteiger partial charge in [-0.15, -0.1) is 0 Å². The average Bonchev–Trinajstić information content (AvgIpc) is 3.23. The molecule has 0 spiro atoms. The number of nitrogens with zero attached hydrogens (tertiary/aromatic N) is 4. The molecule has 0 atom stereocenters. The van der Waals surface area contributed by atoms with Gasteiger partial charge >= 0.3 is 0 Å². The lowest BCUT2D eigenvalue weighted by Gasteiger charge is -2.31. The van der Waals surface area contributed by atoms with Gasteiger partial charge < -0.3 is 14.2 Å². The molecule has 34 heavy (non-hydrogen) atoms. The van der Waals surface area contributed by atoms with E-state index in [9.17, 15) is 13.2 Å². The number of sulfone groups is 1. The molecule has 1 aromatic heterocycles. The molecule has 0 radical (unpaired) electrons. The van der Waals surface area contributed by atoms with E-state index in [1.807, 2.05) is 27.7 Å². The van der Waals surface area contributed by atoms with Crippen molar-refractivity contribution in [3.8, 4) is 0 Å². The van der Waals surface area contributed by atoms with Crippen LogP contribution in [-0.4, -0.2) is 73.1 Å². The standard InChI is InChI=1S/C24H35ClN4O4S/c1-18(2)23(30)28(10-9-27-11-13-33-14-12-27)16-21-15-26-24(29(21)19(3)4)34(31,32)17-20-7-5-6-8-22(20)25/h5-8,15,18-19H,9-14,16-17H2,1-4H3. The number of hydrogen-bond acceptors (Lipinski definition) is 6. The minimum atomic E-state index is -3.75. The Hall–Kier alpha value is -1.94. The van der Waals surface area contributed by atoms with Gasteiger partial charge in [-0.25, -0.2) is 13.4 Å². The van der Waals surface area contributed by atoms with E-state index in [2.05, 4.69) is 9.88 Å². The lowest BCUT2D eigenvalue weighted by atomic mass is 10.2. The summed E-state index contributed by atoms with van der Waals surface area (Å²) in [6.07, 6.45) is 1.58. The molecule has 1 aliphatic rings. The van der Waals surface area contributed by atoms with E-state index in [0.717, 1.165) is 19.6 Å². The van der Waals surface area contributed by atoms with Gasteiger partial charge in [-0.2, -0.15) is 0 Å². The number of halogens is 1. The van der Waals surface area contributed by atoms with Crippen molar-refractivity contribution >= 4 is 27.3 Å². The highest BCUT2D eigenvalue weighted by atomic mass is 35.5. The second kappa shape index (κ2) is 11.7. The Morgan fingerprint density at radius 2 is 1.85 bits per heavy atom. The quantitative estimate of drug-likeness (QED) is 0.487. The summed E-state index contributed by atoms with van der Waals surface area (Å²) < 4.78 is 33.8. The molecule has 2 aromatic rings. The van der Waals surface area contributed by atoms with Crippen LogP contribution in [0.15, 0.2) is 35.6 Å². The first-order valence-corrected chi connectivity index (χ1v) is 13.7. The third-order valence-corrected chi connectivity index (χ3v) is 7.80. The van der Waals surface area contributed by atoms with E-state index in [1.54, 1.807) is 39.9 Å². The summed E-state index contributed by atoms with van der Waals surface area (Å²) in [6.45, 7) is 12.3. The second-order valence-corrected chi connectivity index (χ2v) is 11.5. The molecule has 2 heterocycles. The van der Waals surface area contributed by atoms with Gasteiger partial charge in [0, 0.05) is 43.2 Å². The zero-order chi connectivity index (χ0) is 24.9. The number of carbonyl (C=O) groups is 1. The summed E-state index contributed by atoms with van der Waals surface area (Å²) in [6, 6.07) is 6.77. The third kappa shape index (κ3) is 6.59. The molecule has 0 N–H and O–H groups in total. The minimum absolute atomic E-state index is 0.00236. The van der Waals surface area contributed by atoms with Crippen LogP contribution in [0.2, 0.25) is 5.02 Å². The normalized spacial score (nSPS) is 15.3. The van der Waals surface area contributed by atoms with E-state index >= 15 is 0 Å². The van der Waals surface area contributed by atoms with E-state index < -0.39 is 9.84 Å². The molecule has 0 aliphatic carbocycles. The Kier molecular flexibility index (Phi) is 9.14. The van der Waals surface area contributed by atoms with Gasteiger partial charge in [0.1, 0.15) is 0 Å². The van der Waals surface area contributed by atoms with Crippen LogP contribution in [0.4, 0.5) is 0 Å². The van der Waals surface area contributed by atoms with Crippen molar-refractivity contribution in [2.45, 2.75) is 51.2 Å². The fraction of sp³-hybridized carbons (Fsp3) is 0.583. The van der Waals surface area contributed by atoms with Crippen molar-refractivity contribution in [3.63, 3.8) is 0 Å². The van der Waals surface area contributed by atoms with E-state index in [1.165, 1.54) is 0 Å². The van der Waals surface area contributed by atoms with Crippen LogP contribution in [0.3, 0.4) is 0 Å². The van der Waals surface area contributed by atoms with Crippen molar-refractivity contribution in [2.24, 2.45) is 5.92 Å². The first-order chi connectivity index (χ1) is 16.1. The van der Waals surface area contributed by atoms with E-state index in [4.69, 9.17) is 16.3 Å². The topological polar surface area (TPSA) is 84.7 Å². The fourth-order valence-electron chi connectivity index (χ4n) is 4.08. The molecular formula is C24H35ClN4O4S. The Balaban J connectivity index is 1.85. The lowest BCUT2D eigenvalue weighted by molar-refractivity contribution is -0.135. The van der Waals surface area contributed by atoms with Crippen LogP contribution in [0.1, 0.15) is 45.0 Å². The highest BCUT2D eigenvalue weighted by molar-refractivity contribution is 7.90. The molecule has 1 amide bonds. The number of carbonyl (C=O) groups excluding carboxylic acids is 1. The maximum Gasteiger partial charge on any atom is 0.228 e. The monoisotopic (exact) mass is 510 g/mol. The van der Waals surface area contributed by atoms with Gasteiger partial charge in [-0.3, -0.25) is 9.69 Å². The molecule has 188 valence electrons. The predicted octanol–water partition coefficient (Wildman–Crippen LogP) is 3.41. The number of rotatable bonds is 10. The SMILES string of the molecule is CC(C)C(=O)N(CCN1CCOCC1)Cc1cnc(S(=O)(=O)Cc2ccccc2Cl)n1C(C)C. The van der Waals surface area contributed by atoms with Crippen LogP contribution < -0.4 is 0 Å². The Morgan fingerprint density at radius 1 is 1.18 bits per heavy atom. The molecule has 0 bridgehead atoms. The molecule has 1 aromatic carbocycles. The Bertz CT molecular complexity index is 1080. The smallest absolute Gasteiger partial charge is 0.228 e. The molecule has 3 rings (SSSR count). The highest BCUT2D eigenvalue weighted by Crippen LogP contribution is 2.25. The first kappa shape index (κ1) is 26.7. The van der Waals surface area contributed by atoms with Crippen LogP contribution in [0, 0.1) is 5.92 Å². The predicted molar refractivity (Wildman–Crippen MR) is 132 cm³/mol. The number of morpholine rings is 1. The molecule has 0 saturated carbocycles. The van der Waals surface area contributed by atoms with Gasteiger partial charge in [0.2, 0.25) is 20.9 Å². The minimum Gasteiger partial charge on any atom is -0.379 e. The van der Waals surface area contributed by atoms with Crippen LogP contribution in [-0.2, 0) is 31.7 Å². The summed E-state index contributed by atoms with van der Waals surface area (Å²) in [5.41, 5.74) is 1.23. The van der Waals surface area contributed by atoms with Crippen molar-refractivity contribution < 1.29 is 17.9 Å². The largest absolute Gasteiger partial charge is 0.379 e. The first-order valence-electron chi connectivity index (χ1n) is 11.7. The average molecular weight is 511 g/mol. The van der Waals surface area contributed by atoms with Gasteiger partial charge in [0.25, 0.3) is 0 Å². The number of hydrogen-bond donors (Lipinski definition) is 0. The van der Waals surface area contributed by atoms with Gasteiger partial charge in [0.15, 0.2) is 0 Å². The van der Waals surface area contributed by atoms with Crippen molar-refractivity contribution in [1.29, 1.82) is 0 Å². The maximum atomic E-state index is 13.3. The number of benzene rings is 1. The molecule has 10 heteroatoms. The zero-order valence-electron chi connectivity index (χ0n) is 20.4. The van der Waals surface area contributed by atoms with Crippen LogP contribution in [0.5, 0.6) is 0 Å². The number of ether oxygens (including phenoxy) is 1. The molecule has 1 aliphatic heterocycles. The summed E-state index contributed by atoms with van der Waals surface area (Å²) >= 11 is 6.21. The third-order valence-electron chi connectivity index (χ3n) is 5.89. The summed E-state index contributed by atoms with van der Waals surface area (Å²) in [5, 5.41) is 0.410. The maximum absolute atomic E-state index is 13.3. The van der Waals surface area contributed by atoms with Crippen LogP contribution in [0.25, 0.3) is 0 Å². The Labute approximate surface area is 207 Å². The summed E-state index contributed by atoms with van der Waals surface area (Å²) in [5.74, 6) is -0.365. The van der Waals surface area contributed by atoms with E-state index in [-0.39, 0.29) is 28.8 Å². The number of aromatic nitrogens is 2. The zero-order valence-corrected chi connectivity index (χ0v) is 22.0.